The summed E-state index contributed by atoms with van der Waals surface area (Å²) >= 11 is 0. The zero-order chi connectivity index (χ0) is 15.9. The molecule has 0 saturated carbocycles. The molecule has 0 aliphatic carbocycles. The average molecular weight is 294 g/mol. The van der Waals surface area contributed by atoms with Crippen LogP contribution in [-0.4, -0.2) is 4.98 Å². The van der Waals surface area contributed by atoms with Gasteiger partial charge in [0, 0.05) is 17.3 Å². The van der Waals surface area contributed by atoms with Crippen molar-refractivity contribution >= 4 is 16.6 Å². The summed E-state index contributed by atoms with van der Waals surface area (Å²) in [6.07, 6.45) is 1.78. The molecular formula is C19H22N2O. The molecule has 2 N–H and O–H groups in total. The number of hydrogen-bond donors (Lipinski definition) is 1. The third kappa shape index (κ3) is 3.55. The van der Waals surface area contributed by atoms with Crippen molar-refractivity contribution in [2.24, 2.45) is 0 Å². The number of nitrogens with two attached hydrogens (primary N) is 1. The molecule has 0 bridgehead atoms. The molecule has 3 rings (SSSR count). The number of aromatic nitrogens is 1. The number of anilines is 1. The van der Waals surface area contributed by atoms with Crippen LogP contribution in [0, 0.1) is 6.92 Å². The van der Waals surface area contributed by atoms with Gasteiger partial charge in [0.2, 0.25) is 0 Å². The molecule has 22 heavy (non-hydrogen) atoms. The molecule has 0 fully saturated rings. The fraction of sp³-hybridized carbons (Fsp3) is 0.211. The van der Waals surface area contributed by atoms with Gasteiger partial charge in [-0.25, -0.2) is 0 Å². The van der Waals surface area contributed by atoms with Gasteiger partial charge in [0.25, 0.3) is 0 Å². The van der Waals surface area contributed by atoms with Crippen molar-refractivity contribution in [2.75, 3.05) is 5.73 Å². The first kappa shape index (κ1) is 15.8. The lowest BCUT2D eigenvalue weighted by Crippen LogP contribution is -1.98. The van der Waals surface area contributed by atoms with Crippen LogP contribution in [0.2, 0.25) is 0 Å². The molecule has 0 spiro atoms. The zero-order valence-corrected chi connectivity index (χ0v) is 13.3. The van der Waals surface area contributed by atoms with Crippen molar-refractivity contribution in [3.05, 3.63) is 65.9 Å². The van der Waals surface area contributed by atoms with E-state index in [-0.39, 0.29) is 0 Å². The van der Waals surface area contributed by atoms with Crippen LogP contribution in [0.5, 0.6) is 5.75 Å². The quantitative estimate of drug-likeness (QED) is 0.710. The third-order valence-electron chi connectivity index (χ3n) is 3.33. The number of pyridine rings is 1. The number of hydrogen-bond acceptors (Lipinski definition) is 3. The first-order valence-electron chi connectivity index (χ1n) is 7.55. The topological polar surface area (TPSA) is 48.1 Å². The summed E-state index contributed by atoms with van der Waals surface area (Å²) in [5, 5.41) is 1.08. The maximum absolute atomic E-state index is 5.91. The van der Waals surface area contributed by atoms with Gasteiger partial charge < -0.3 is 10.5 Å². The Labute approximate surface area is 131 Å². The highest BCUT2D eigenvalue weighted by Gasteiger charge is 2.04. The molecule has 0 amide bonds. The second-order valence-electron chi connectivity index (χ2n) is 4.81. The summed E-state index contributed by atoms with van der Waals surface area (Å²) in [5.74, 6) is 0.794. The average Bonchev–Trinajstić information content (AvgIpc) is 2.58. The molecule has 3 nitrogen and oxygen atoms in total. The summed E-state index contributed by atoms with van der Waals surface area (Å²) in [6, 6.07) is 15.9. The van der Waals surface area contributed by atoms with Gasteiger partial charge in [0.1, 0.15) is 17.9 Å². The minimum atomic E-state index is 0.486. The monoisotopic (exact) mass is 294 g/mol. The van der Waals surface area contributed by atoms with Gasteiger partial charge in [-0.3, -0.25) is 4.98 Å². The summed E-state index contributed by atoms with van der Waals surface area (Å²) in [4.78, 5) is 4.38. The van der Waals surface area contributed by atoms with E-state index in [4.69, 9.17) is 10.5 Å². The fourth-order valence-corrected chi connectivity index (χ4v) is 2.13. The molecule has 1 aromatic heterocycles. The van der Waals surface area contributed by atoms with E-state index in [9.17, 15) is 0 Å². The van der Waals surface area contributed by atoms with E-state index in [0.717, 1.165) is 33.5 Å². The Hall–Kier alpha value is -2.55. The van der Waals surface area contributed by atoms with Crippen molar-refractivity contribution in [2.45, 2.75) is 27.4 Å². The predicted molar refractivity (Wildman–Crippen MR) is 93.0 cm³/mol. The van der Waals surface area contributed by atoms with Gasteiger partial charge >= 0.3 is 0 Å². The highest BCUT2D eigenvalue weighted by Crippen LogP contribution is 2.24. The van der Waals surface area contributed by atoms with Gasteiger partial charge in [-0.2, -0.15) is 0 Å². The first-order chi connectivity index (χ1) is 10.7. The lowest BCUT2D eigenvalue weighted by atomic mass is 10.1. The number of rotatable bonds is 3. The van der Waals surface area contributed by atoms with E-state index >= 15 is 0 Å². The largest absolute Gasteiger partial charge is 0.487 e. The molecule has 0 radical (unpaired) electrons. The zero-order valence-electron chi connectivity index (χ0n) is 13.3. The van der Waals surface area contributed by atoms with Crippen molar-refractivity contribution in [3.8, 4) is 5.75 Å². The minimum absolute atomic E-state index is 0.486. The number of benzene rings is 2. The molecule has 3 aromatic rings. The van der Waals surface area contributed by atoms with E-state index in [1.165, 1.54) is 0 Å². The standard InChI is InChI=1S/C17H16N2O.C2H6/c1-12-7-8-13(10-15(12)18)11-20-16-6-2-4-14-5-3-9-19-17(14)16;1-2/h2-10H,11,18H2,1H3;1-2H3. The molecule has 0 aliphatic heterocycles. The van der Waals surface area contributed by atoms with E-state index in [1.54, 1.807) is 6.20 Å². The van der Waals surface area contributed by atoms with Crippen molar-refractivity contribution in [3.63, 3.8) is 0 Å². The second-order valence-corrected chi connectivity index (χ2v) is 4.81. The Balaban J connectivity index is 0.000000847. The molecule has 1 heterocycles. The van der Waals surface area contributed by atoms with Crippen LogP contribution < -0.4 is 10.5 Å². The number of para-hydroxylation sites is 1. The van der Waals surface area contributed by atoms with Gasteiger partial charge in [0.05, 0.1) is 0 Å². The number of nitrogens with zero attached hydrogens (tertiary/aromatic N) is 1. The SMILES string of the molecule is CC.Cc1ccc(COc2cccc3cccnc23)cc1N. The molecule has 2 aromatic carbocycles. The number of fused-ring (bicyclic) bond motifs is 1. The van der Waals surface area contributed by atoms with Crippen LogP contribution in [0.15, 0.2) is 54.7 Å². The summed E-state index contributed by atoms with van der Waals surface area (Å²) in [7, 11) is 0. The first-order valence-corrected chi connectivity index (χ1v) is 7.55. The molecule has 114 valence electrons. The Kier molecular flexibility index (Phi) is 5.37. The Morgan fingerprint density at radius 1 is 1.05 bits per heavy atom. The van der Waals surface area contributed by atoms with Crippen molar-refractivity contribution < 1.29 is 4.74 Å². The van der Waals surface area contributed by atoms with Crippen LogP contribution in [0.25, 0.3) is 10.9 Å². The highest BCUT2D eigenvalue weighted by molar-refractivity contribution is 5.84. The summed E-state index contributed by atoms with van der Waals surface area (Å²) < 4.78 is 5.88. The summed E-state index contributed by atoms with van der Waals surface area (Å²) in [6.45, 7) is 6.48. The van der Waals surface area contributed by atoms with E-state index in [2.05, 4.69) is 4.98 Å². The number of nitrogen functional groups attached to an aromatic ring is 1. The molecule has 0 saturated heterocycles. The predicted octanol–water partition coefficient (Wildman–Crippen LogP) is 4.73. The number of ether oxygens (including phenoxy) is 1. The fourth-order valence-electron chi connectivity index (χ4n) is 2.13. The third-order valence-corrected chi connectivity index (χ3v) is 3.33. The van der Waals surface area contributed by atoms with E-state index < -0.39 is 0 Å². The van der Waals surface area contributed by atoms with Gasteiger partial charge in [-0.15, -0.1) is 0 Å². The minimum Gasteiger partial charge on any atom is -0.487 e. The van der Waals surface area contributed by atoms with Gasteiger partial charge in [0.15, 0.2) is 0 Å². The highest BCUT2D eigenvalue weighted by atomic mass is 16.5. The van der Waals surface area contributed by atoms with Crippen LogP contribution >= 0.6 is 0 Å². The lowest BCUT2D eigenvalue weighted by molar-refractivity contribution is 0.309. The number of aryl methyl sites for hydroxylation is 1. The van der Waals surface area contributed by atoms with E-state index in [1.807, 2.05) is 69.3 Å². The Morgan fingerprint density at radius 3 is 2.59 bits per heavy atom. The van der Waals surface area contributed by atoms with Crippen LogP contribution in [0.3, 0.4) is 0 Å². The maximum Gasteiger partial charge on any atom is 0.146 e. The van der Waals surface area contributed by atoms with Crippen LogP contribution in [0.1, 0.15) is 25.0 Å². The van der Waals surface area contributed by atoms with Gasteiger partial charge in [-0.1, -0.05) is 44.2 Å². The normalized spacial score (nSPS) is 9.95. The Bertz CT molecular complexity index is 748. The molecule has 0 aliphatic rings. The molecular weight excluding hydrogens is 272 g/mol. The van der Waals surface area contributed by atoms with Crippen LogP contribution in [0.4, 0.5) is 5.69 Å². The van der Waals surface area contributed by atoms with Crippen molar-refractivity contribution in [1.82, 2.24) is 4.98 Å². The summed E-state index contributed by atoms with van der Waals surface area (Å²) in [5.41, 5.74) is 9.73. The van der Waals surface area contributed by atoms with Crippen LogP contribution in [-0.2, 0) is 6.61 Å². The molecule has 3 heteroatoms. The molecule has 0 unspecified atom stereocenters. The Morgan fingerprint density at radius 2 is 1.82 bits per heavy atom. The lowest BCUT2D eigenvalue weighted by Gasteiger charge is -2.09. The maximum atomic E-state index is 5.91. The second kappa shape index (κ2) is 7.46. The van der Waals surface area contributed by atoms with Gasteiger partial charge in [-0.05, 0) is 36.2 Å². The van der Waals surface area contributed by atoms with E-state index in [0.29, 0.717) is 6.61 Å². The molecule has 0 atom stereocenters. The smallest absolute Gasteiger partial charge is 0.146 e. The van der Waals surface area contributed by atoms with Crippen molar-refractivity contribution in [1.29, 1.82) is 0 Å².